The normalized spacial score (nSPS) is 15.4. The zero-order valence-electron chi connectivity index (χ0n) is 14.7. The second kappa shape index (κ2) is 5.36. The summed E-state index contributed by atoms with van der Waals surface area (Å²) in [6.07, 6.45) is 3.89. The van der Waals surface area contributed by atoms with Gasteiger partial charge in [0.05, 0.1) is 6.04 Å². The third-order valence-corrected chi connectivity index (χ3v) is 5.28. The number of fused-ring (bicyclic) bond motifs is 2. The first-order chi connectivity index (χ1) is 12.6. The van der Waals surface area contributed by atoms with Crippen molar-refractivity contribution in [2.45, 2.75) is 19.9 Å². The number of nitrogens with zero attached hydrogens (tertiary/aromatic N) is 1. The minimum Gasteiger partial charge on any atom is -0.507 e. The Labute approximate surface area is 151 Å². The van der Waals surface area contributed by atoms with E-state index in [1.807, 2.05) is 26.2 Å². The number of anilines is 1. The molecule has 0 saturated carbocycles. The molecule has 0 fully saturated rings. The molecule has 4 aromatic rings. The smallest absolute Gasteiger partial charge is 0.138 e. The highest BCUT2D eigenvalue weighted by molar-refractivity contribution is 6.01. The lowest BCUT2D eigenvalue weighted by Gasteiger charge is -2.21. The summed E-state index contributed by atoms with van der Waals surface area (Å²) in [5.74, 6) is 0.365. The maximum Gasteiger partial charge on any atom is 0.138 e. The first-order valence-corrected chi connectivity index (χ1v) is 8.75. The Kier molecular flexibility index (Phi) is 3.10. The second-order valence-electron chi connectivity index (χ2n) is 6.95. The molecule has 128 valence electrons. The average Bonchev–Trinajstić information content (AvgIpc) is 3.01. The van der Waals surface area contributed by atoms with Gasteiger partial charge in [-0.15, -0.1) is 0 Å². The van der Waals surface area contributed by atoms with Crippen molar-refractivity contribution in [3.63, 3.8) is 0 Å². The molecule has 0 saturated heterocycles. The van der Waals surface area contributed by atoms with E-state index in [0.717, 1.165) is 33.4 Å². The third kappa shape index (κ3) is 2.05. The summed E-state index contributed by atoms with van der Waals surface area (Å²) in [6.45, 7) is 3.89. The Morgan fingerprint density at radius 2 is 1.77 bits per heavy atom. The molecule has 26 heavy (non-hydrogen) atoms. The molecule has 0 bridgehead atoms. The Morgan fingerprint density at radius 3 is 2.58 bits per heavy atom. The number of benzene rings is 2. The first kappa shape index (κ1) is 15.0. The number of para-hydroxylation sites is 1. The van der Waals surface area contributed by atoms with E-state index in [1.165, 1.54) is 16.7 Å². The molecular weight excluding hydrogens is 322 g/mol. The van der Waals surface area contributed by atoms with Crippen molar-refractivity contribution in [1.82, 2.24) is 9.97 Å². The minimum atomic E-state index is -0.0200. The minimum absolute atomic E-state index is 0.0200. The monoisotopic (exact) mass is 341 g/mol. The Morgan fingerprint density at radius 1 is 1.00 bits per heavy atom. The van der Waals surface area contributed by atoms with Gasteiger partial charge < -0.3 is 15.4 Å². The fraction of sp³-hybridized carbons (Fsp3) is 0.136. The molecule has 2 aromatic heterocycles. The van der Waals surface area contributed by atoms with Gasteiger partial charge in [-0.2, -0.15) is 0 Å². The molecule has 1 unspecified atom stereocenters. The van der Waals surface area contributed by atoms with Crippen LogP contribution >= 0.6 is 0 Å². The number of aromatic hydroxyl groups is 1. The highest BCUT2D eigenvalue weighted by Crippen LogP contribution is 2.44. The predicted octanol–water partition coefficient (Wildman–Crippen LogP) is 5.07. The summed E-state index contributed by atoms with van der Waals surface area (Å²) in [4.78, 5) is 7.83. The summed E-state index contributed by atoms with van der Waals surface area (Å²) < 4.78 is 0. The molecule has 0 spiro atoms. The Hall–Kier alpha value is -3.27. The van der Waals surface area contributed by atoms with Crippen LogP contribution in [0.2, 0.25) is 0 Å². The second-order valence-corrected chi connectivity index (χ2v) is 6.95. The van der Waals surface area contributed by atoms with Crippen molar-refractivity contribution in [2.75, 3.05) is 5.32 Å². The molecule has 3 N–H and O–H groups in total. The van der Waals surface area contributed by atoms with E-state index in [2.05, 4.69) is 57.7 Å². The van der Waals surface area contributed by atoms with Crippen LogP contribution in [0.15, 0.2) is 54.9 Å². The molecule has 1 atom stereocenters. The van der Waals surface area contributed by atoms with E-state index in [9.17, 15) is 5.11 Å². The number of aromatic amines is 1. The molecule has 0 aliphatic carbocycles. The summed E-state index contributed by atoms with van der Waals surface area (Å²) in [6, 6.07) is 14.5. The Bertz CT molecular complexity index is 1140. The van der Waals surface area contributed by atoms with Crippen LogP contribution in [-0.4, -0.2) is 15.1 Å². The highest BCUT2D eigenvalue weighted by atomic mass is 16.3. The van der Waals surface area contributed by atoms with Gasteiger partial charge in [-0.1, -0.05) is 18.2 Å². The maximum absolute atomic E-state index is 10.2. The topological polar surface area (TPSA) is 60.9 Å². The van der Waals surface area contributed by atoms with E-state index < -0.39 is 0 Å². The van der Waals surface area contributed by atoms with Crippen LogP contribution in [0.25, 0.3) is 22.2 Å². The lowest BCUT2D eigenvalue weighted by atomic mass is 9.94. The van der Waals surface area contributed by atoms with E-state index >= 15 is 0 Å². The molecule has 3 heterocycles. The molecule has 1 aliphatic rings. The van der Waals surface area contributed by atoms with Crippen molar-refractivity contribution in [2.24, 2.45) is 0 Å². The summed E-state index contributed by atoms with van der Waals surface area (Å²) in [7, 11) is 0. The van der Waals surface area contributed by atoms with Gasteiger partial charge in [0.25, 0.3) is 0 Å². The van der Waals surface area contributed by atoms with E-state index in [-0.39, 0.29) is 6.04 Å². The zero-order chi connectivity index (χ0) is 17.8. The molecule has 0 amide bonds. The number of aryl methyl sites for hydroxylation is 2. The number of rotatable bonds is 1. The summed E-state index contributed by atoms with van der Waals surface area (Å²) in [5.41, 5.74) is 8.43. The predicted molar refractivity (Wildman–Crippen MR) is 105 cm³/mol. The number of pyridine rings is 1. The number of phenolic OH excluding ortho intramolecular Hbond substituents is 1. The standard InChI is InChI=1S/C22H19N3O/c1-12-9-14(10-13(2)21(12)26)20-17-11-24-22-19(17)16(7-8-23-22)15-5-3-4-6-18(15)25-20/h3-11,20,25-26H,1-2H3,(H,23,24). The fourth-order valence-corrected chi connectivity index (χ4v) is 4.03. The third-order valence-electron chi connectivity index (χ3n) is 5.28. The number of phenols is 1. The van der Waals surface area contributed by atoms with Gasteiger partial charge in [0, 0.05) is 34.6 Å². The number of aromatic nitrogens is 2. The van der Waals surface area contributed by atoms with Crippen LogP contribution in [0.3, 0.4) is 0 Å². The largest absolute Gasteiger partial charge is 0.507 e. The van der Waals surface area contributed by atoms with Gasteiger partial charge in [0.1, 0.15) is 11.4 Å². The maximum atomic E-state index is 10.2. The molecule has 4 nitrogen and oxygen atoms in total. The number of nitrogens with one attached hydrogen (secondary N) is 2. The molecule has 2 aromatic carbocycles. The van der Waals surface area contributed by atoms with Crippen LogP contribution in [0.5, 0.6) is 5.75 Å². The van der Waals surface area contributed by atoms with Gasteiger partial charge in [-0.05, 0) is 60.4 Å². The highest BCUT2D eigenvalue weighted by Gasteiger charge is 2.26. The van der Waals surface area contributed by atoms with E-state index in [1.54, 1.807) is 0 Å². The lowest BCUT2D eigenvalue weighted by molar-refractivity contribution is 0.466. The quantitative estimate of drug-likeness (QED) is 0.453. The van der Waals surface area contributed by atoms with Crippen molar-refractivity contribution in [3.8, 4) is 16.9 Å². The van der Waals surface area contributed by atoms with Gasteiger partial charge in [0.2, 0.25) is 0 Å². The van der Waals surface area contributed by atoms with E-state index in [0.29, 0.717) is 5.75 Å². The Balaban J connectivity index is 1.83. The van der Waals surface area contributed by atoms with Crippen molar-refractivity contribution in [3.05, 3.63) is 77.1 Å². The van der Waals surface area contributed by atoms with Crippen molar-refractivity contribution >= 4 is 16.7 Å². The van der Waals surface area contributed by atoms with Gasteiger partial charge in [-0.25, -0.2) is 4.98 Å². The average molecular weight is 341 g/mol. The summed E-state index contributed by atoms with van der Waals surface area (Å²) in [5, 5.41) is 15.0. The van der Waals surface area contributed by atoms with Crippen LogP contribution in [0, 0.1) is 13.8 Å². The van der Waals surface area contributed by atoms with Crippen molar-refractivity contribution in [1.29, 1.82) is 0 Å². The zero-order valence-corrected chi connectivity index (χ0v) is 14.7. The van der Waals surface area contributed by atoms with Crippen molar-refractivity contribution < 1.29 is 5.11 Å². The van der Waals surface area contributed by atoms with E-state index in [4.69, 9.17) is 0 Å². The van der Waals surface area contributed by atoms with Crippen LogP contribution in [0.1, 0.15) is 28.3 Å². The molecule has 0 radical (unpaired) electrons. The first-order valence-electron chi connectivity index (χ1n) is 8.75. The number of H-pyrrole nitrogens is 1. The summed E-state index contributed by atoms with van der Waals surface area (Å²) >= 11 is 0. The van der Waals surface area contributed by atoms with Crippen LogP contribution in [-0.2, 0) is 0 Å². The van der Waals surface area contributed by atoms with Gasteiger partial charge in [-0.3, -0.25) is 0 Å². The number of hydrogen-bond acceptors (Lipinski definition) is 3. The van der Waals surface area contributed by atoms with Crippen LogP contribution in [0.4, 0.5) is 5.69 Å². The van der Waals surface area contributed by atoms with Gasteiger partial charge >= 0.3 is 0 Å². The number of hydrogen-bond donors (Lipinski definition) is 3. The molecule has 1 aliphatic heterocycles. The molecular formula is C22H19N3O. The molecule has 4 heteroatoms. The lowest BCUT2D eigenvalue weighted by Crippen LogP contribution is -2.12. The SMILES string of the molecule is Cc1cc(C2Nc3ccccc3-c3ccnc4[nH]cc2c34)cc(C)c1O. The van der Waals surface area contributed by atoms with Gasteiger partial charge in [0.15, 0.2) is 0 Å². The van der Waals surface area contributed by atoms with Crippen LogP contribution < -0.4 is 5.32 Å². The molecule has 5 rings (SSSR count). The fourth-order valence-electron chi connectivity index (χ4n) is 4.03.